The van der Waals surface area contributed by atoms with Gasteiger partial charge in [-0.1, -0.05) is 44.1 Å². The van der Waals surface area contributed by atoms with Crippen molar-refractivity contribution in [3.8, 4) is 11.4 Å². The Bertz CT molecular complexity index is 1270. The monoisotopic (exact) mass is 519 g/mol. The average Bonchev–Trinajstić information content (AvgIpc) is 3.15. The number of hydrogen-bond acceptors (Lipinski definition) is 6. The number of carbonyl (C=O) groups is 1. The van der Waals surface area contributed by atoms with Gasteiger partial charge in [-0.25, -0.2) is 4.98 Å². The Morgan fingerprint density at radius 1 is 1.41 bits per heavy atom. The molecule has 0 bridgehead atoms. The van der Waals surface area contributed by atoms with Crippen molar-refractivity contribution >= 4 is 50.8 Å². The number of thioether (sulfide) groups is 1. The number of amides is 1. The molecule has 0 saturated carbocycles. The maximum Gasteiger partial charge on any atom is 0.267 e. The molecule has 1 aliphatic rings. The summed E-state index contributed by atoms with van der Waals surface area (Å²) in [6, 6.07) is 5.18. The normalized spacial score (nSPS) is 15.5. The van der Waals surface area contributed by atoms with E-state index < -0.39 is 0 Å². The Morgan fingerprint density at radius 2 is 2.21 bits per heavy atom. The first kappa shape index (κ1) is 25.1. The van der Waals surface area contributed by atoms with Gasteiger partial charge in [-0.05, 0) is 61.3 Å². The molecule has 1 aromatic carbocycles. The average molecular weight is 520 g/mol. The van der Waals surface area contributed by atoms with Crippen LogP contribution in [0, 0.1) is 11.8 Å². The highest BCUT2D eigenvalue weighted by Crippen LogP contribution is 2.38. The van der Waals surface area contributed by atoms with Crippen LogP contribution in [-0.2, 0) is 17.6 Å². The van der Waals surface area contributed by atoms with Crippen LogP contribution < -0.4 is 15.6 Å². The fraction of sp³-hybridized carbons (Fsp3) is 0.480. The smallest absolute Gasteiger partial charge is 0.267 e. The number of carbonyl (C=O) groups excluding carboxylic acids is 1. The second kappa shape index (κ2) is 10.7. The van der Waals surface area contributed by atoms with Gasteiger partial charge < -0.3 is 10.1 Å². The van der Waals surface area contributed by atoms with Crippen LogP contribution >= 0.6 is 34.7 Å². The van der Waals surface area contributed by atoms with Crippen molar-refractivity contribution in [2.24, 2.45) is 11.8 Å². The zero-order chi connectivity index (χ0) is 24.4. The van der Waals surface area contributed by atoms with Crippen molar-refractivity contribution in [3.63, 3.8) is 0 Å². The van der Waals surface area contributed by atoms with Gasteiger partial charge in [-0.15, -0.1) is 11.3 Å². The molecular formula is C25H30ClN3O3S2. The van der Waals surface area contributed by atoms with Crippen LogP contribution in [0.1, 0.15) is 44.1 Å². The molecule has 0 aliphatic heterocycles. The van der Waals surface area contributed by atoms with Gasteiger partial charge in [0.05, 0.1) is 23.9 Å². The number of aromatic nitrogens is 2. The molecule has 2 heterocycles. The first-order valence-corrected chi connectivity index (χ1v) is 13.8. The summed E-state index contributed by atoms with van der Waals surface area (Å²) in [5, 5.41) is 4.59. The minimum absolute atomic E-state index is 0.0797. The number of ether oxygens (including phenoxy) is 1. The minimum atomic E-state index is -0.139. The molecule has 2 aromatic heterocycles. The molecule has 9 heteroatoms. The summed E-state index contributed by atoms with van der Waals surface area (Å²) < 4.78 is 7.11. The Morgan fingerprint density at radius 3 is 2.94 bits per heavy atom. The van der Waals surface area contributed by atoms with Crippen LogP contribution in [0.2, 0.25) is 5.02 Å². The van der Waals surface area contributed by atoms with E-state index in [-0.39, 0.29) is 17.2 Å². The van der Waals surface area contributed by atoms with Gasteiger partial charge in [0, 0.05) is 16.4 Å². The number of rotatable bonds is 8. The van der Waals surface area contributed by atoms with Gasteiger partial charge in [0.1, 0.15) is 10.6 Å². The first-order valence-electron chi connectivity index (χ1n) is 11.6. The molecule has 1 amide bonds. The Hall–Kier alpha value is -2.03. The molecule has 0 spiro atoms. The fourth-order valence-corrected chi connectivity index (χ4v) is 6.63. The Kier molecular flexibility index (Phi) is 7.90. The lowest BCUT2D eigenvalue weighted by Gasteiger charge is -2.18. The predicted molar refractivity (Wildman–Crippen MR) is 141 cm³/mol. The van der Waals surface area contributed by atoms with Crippen LogP contribution in [0.25, 0.3) is 15.9 Å². The quantitative estimate of drug-likeness (QED) is 0.315. The number of halogens is 1. The second-order valence-corrected chi connectivity index (χ2v) is 11.7. The van der Waals surface area contributed by atoms with Gasteiger partial charge in [0.15, 0.2) is 5.16 Å². The molecule has 0 saturated heterocycles. The number of benzene rings is 1. The standard InChI is InChI=1S/C25H30ClN3O3S2/c1-14(2)9-10-27-21(30)13-33-25-28-23-22(17-7-5-15(3)11-20(17)34-23)24(31)29(25)18-12-16(26)6-8-19(18)32-4/h6,8,12,14-15H,5,7,9-11,13H2,1-4H3,(H,27,30). The summed E-state index contributed by atoms with van der Waals surface area (Å²) in [6.07, 6.45) is 3.83. The van der Waals surface area contributed by atoms with Gasteiger partial charge >= 0.3 is 0 Å². The maximum absolute atomic E-state index is 14.0. The van der Waals surface area contributed by atoms with Crippen LogP contribution in [0.4, 0.5) is 0 Å². The molecular weight excluding hydrogens is 490 g/mol. The number of fused-ring (bicyclic) bond motifs is 3. The molecule has 34 heavy (non-hydrogen) atoms. The SMILES string of the molecule is COc1ccc(Cl)cc1-n1c(SCC(=O)NCCC(C)C)nc2sc3c(c2c1=O)CCC(C)C3. The molecule has 4 rings (SSSR count). The number of hydrogen-bond donors (Lipinski definition) is 1. The lowest BCUT2D eigenvalue weighted by Crippen LogP contribution is -2.28. The van der Waals surface area contributed by atoms with Gasteiger partial charge in [-0.2, -0.15) is 0 Å². The van der Waals surface area contributed by atoms with E-state index in [0.29, 0.717) is 45.4 Å². The number of methoxy groups -OCH3 is 1. The summed E-state index contributed by atoms with van der Waals surface area (Å²) in [7, 11) is 1.56. The van der Waals surface area contributed by atoms with Crippen molar-refractivity contribution in [1.82, 2.24) is 14.9 Å². The largest absolute Gasteiger partial charge is 0.495 e. The van der Waals surface area contributed by atoms with E-state index in [1.54, 1.807) is 41.2 Å². The number of nitrogens with zero attached hydrogens (tertiary/aromatic N) is 2. The summed E-state index contributed by atoms with van der Waals surface area (Å²) in [5.74, 6) is 1.72. The highest BCUT2D eigenvalue weighted by molar-refractivity contribution is 7.99. The summed E-state index contributed by atoms with van der Waals surface area (Å²) in [6.45, 7) is 7.13. The van der Waals surface area contributed by atoms with Crippen LogP contribution in [0.5, 0.6) is 5.75 Å². The highest BCUT2D eigenvalue weighted by atomic mass is 35.5. The molecule has 1 aliphatic carbocycles. The summed E-state index contributed by atoms with van der Waals surface area (Å²) >= 11 is 9.17. The van der Waals surface area contributed by atoms with Crippen LogP contribution in [-0.4, -0.2) is 34.9 Å². The van der Waals surface area contributed by atoms with Crippen molar-refractivity contribution in [1.29, 1.82) is 0 Å². The predicted octanol–water partition coefficient (Wildman–Crippen LogP) is 5.49. The van der Waals surface area contributed by atoms with Crippen molar-refractivity contribution in [3.05, 3.63) is 44.0 Å². The summed E-state index contributed by atoms with van der Waals surface area (Å²) in [4.78, 5) is 33.3. The Labute approximate surface area is 213 Å². The first-order chi connectivity index (χ1) is 16.3. The van der Waals surface area contributed by atoms with E-state index in [1.807, 2.05) is 0 Å². The van der Waals surface area contributed by atoms with Crippen molar-refractivity contribution in [2.45, 2.75) is 51.6 Å². The van der Waals surface area contributed by atoms with E-state index in [9.17, 15) is 9.59 Å². The molecule has 1 atom stereocenters. The lowest BCUT2D eigenvalue weighted by molar-refractivity contribution is -0.118. The van der Waals surface area contributed by atoms with E-state index in [1.165, 1.54) is 16.6 Å². The zero-order valence-corrected chi connectivity index (χ0v) is 22.3. The molecule has 3 aromatic rings. The fourth-order valence-electron chi connectivity index (χ4n) is 4.20. The molecule has 1 N–H and O–H groups in total. The number of nitrogens with one attached hydrogen (secondary N) is 1. The second-order valence-electron chi connectivity index (χ2n) is 9.20. The van der Waals surface area contributed by atoms with E-state index in [2.05, 4.69) is 26.1 Å². The van der Waals surface area contributed by atoms with Gasteiger partial charge in [0.2, 0.25) is 5.91 Å². The Balaban J connectivity index is 1.79. The third-order valence-electron chi connectivity index (χ3n) is 6.06. The molecule has 6 nitrogen and oxygen atoms in total. The van der Waals surface area contributed by atoms with Gasteiger partial charge in [0.25, 0.3) is 5.56 Å². The minimum Gasteiger partial charge on any atom is -0.495 e. The zero-order valence-electron chi connectivity index (χ0n) is 19.9. The maximum atomic E-state index is 14.0. The molecule has 0 radical (unpaired) electrons. The van der Waals surface area contributed by atoms with Crippen molar-refractivity contribution in [2.75, 3.05) is 19.4 Å². The third kappa shape index (κ3) is 5.29. The number of thiophene rings is 1. The van der Waals surface area contributed by atoms with Crippen LogP contribution in [0.15, 0.2) is 28.2 Å². The van der Waals surface area contributed by atoms with Gasteiger partial charge in [-0.3, -0.25) is 14.2 Å². The molecule has 0 fully saturated rings. The third-order valence-corrected chi connectivity index (χ3v) is 8.38. The van der Waals surface area contributed by atoms with Crippen molar-refractivity contribution < 1.29 is 9.53 Å². The number of aryl methyl sites for hydroxylation is 1. The van der Waals surface area contributed by atoms with E-state index in [4.69, 9.17) is 21.3 Å². The van der Waals surface area contributed by atoms with E-state index in [0.717, 1.165) is 36.1 Å². The molecule has 1 unspecified atom stereocenters. The van der Waals surface area contributed by atoms with E-state index >= 15 is 0 Å². The molecule has 182 valence electrons. The summed E-state index contributed by atoms with van der Waals surface area (Å²) in [5.41, 5.74) is 1.51. The highest BCUT2D eigenvalue weighted by Gasteiger charge is 2.26. The topological polar surface area (TPSA) is 73.2 Å². The lowest BCUT2D eigenvalue weighted by atomic mass is 9.89. The van der Waals surface area contributed by atoms with Crippen LogP contribution in [0.3, 0.4) is 0 Å².